The van der Waals surface area contributed by atoms with Crippen LogP contribution in [0.15, 0.2) is 40.9 Å². The molecule has 0 fully saturated rings. The normalized spacial score (nSPS) is 10.3. The molecule has 3 nitrogen and oxygen atoms in total. The topological polar surface area (TPSA) is 55.1 Å². The van der Waals surface area contributed by atoms with Crippen LogP contribution in [0.1, 0.15) is 10.4 Å². The van der Waals surface area contributed by atoms with Crippen molar-refractivity contribution < 1.29 is 4.79 Å². The van der Waals surface area contributed by atoms with Crippen LogP contribution >= 0.6 is 39.1 Å². The minimum atomic E-state index is -0.321. The van der Waals surface area contributed by atoms with Crippen molar-refractivity contribution in [2.45, 2.75) is 0 Å². The van der Waals surface area contributed by atoms with Gasteiger partial charge in [-0.05, 0) is 30.3 Å². The number of halogens is 3. The molecule has 0 aliphatic carbocycles. The molecule has 0 saturated heterocycles. The average Bonchev–Trinajstić information content (AvgIpc) is 2.33. The zero-order valence-electron chi connectivity index (χ0n) is 9.58. The van der Waals surface area contributed by atoms with Gasteiger partial charge in [0.25, 0.3) is 5.91 Å². The van der Waals surface area contributed by atoms with Crippen molar-refractivity contribution in [2.24, 2.45) is 0 Å². The SMILES string of the molecule is Nc1cccc(C(=O)Nc2c(Cl)cc(Br)cc2Cl)c1. The van der Waals surface area contributed by atoms with Crippen molar-refractivity contribution in [1.82, 2.24) is 0 Å². The highest BCUT2D eigenvalue weighted by atomic mass is 79.9. The number of carbonyl (C=O) groups excluding carboxylic acids is 1. The number of benzene rings is 2. The lowest BCUT2D eigenvalue weighted by atomic mass is 10.2. The predicted molar refractivity (Wildman–Crippen MR) is 83.0 cm³/mol. The lowest BCUT2D eigenvalue weighted by molar-refractivity contribution is 0.102. The highest BCUT2D eigenvalue weighted by Crippen LogP contribution is 2.34. The van der Waals surface area contributed by atoms with Gasteiger partial charge in [0.05, 0.1) is 15.7 Å². The molecule has 2 rings (SSSR count). The van der Waals surface area contributed by atoms with Crippen molar-refractivity contribution >= 4 is 56.4 Å². The van der Waals surface area contributed by atoms with E-state index >= 15 is 0 Å². The van der Waals surface area contributed by atoms with Gasteiger partial charge in [0, 0.05) is 15.7 Å². The van der Waals surface area contributed by atoms with E-state index in [0.717, 1.165) is 4.47 Å². The maximum Gasteiger partial charge on any atom is 0.255 e. The fraction of sp³-hybridized carbons (Fsp3) is 0. The molecule has 6 heteroatoms. The molecule has 98 valence electrons. The van der Waals surface area contributed by atoms with Gasteiger partial charge in [-0.1, -0.05) is 45.2 Å². The summed E-state index contributed by atoms with van der Waals surface area (Å²) in [6.07, 6.45) is 0. The summed E-state index contributed by atoms with van der Waals surface area (Å²) in [5.41, 5.74) is 6.96. The lowest BCUT2D eigenvalue weighted by Gasteiger charge is -2.10. The van der Waals surface area contributed by atoms with Crippen LogP contribution in [-0.4, -0.2) is 5.91 Å². The van der Waals surface area contributed by atoms with Gasteiger partial charge in [0.2, 0.25) is 0 Å². The van der Waals surface area contributed by atoms with Gasteiger partial charge < -0.3 is 11.1 Å². The Labute approximate surface area is 128 Å². The van der Waals surface area contributed by atoms with Crippen LogP contribution in [0.25, 0.3) is 0 Å². The highest BCUT2D eigenvalue weighted by molar-refractivity contribution is 9.10. The van der Waals surface area contributed by atoms with E-state index in [1.54, 1.807) is 36.4 Å². The number of amides is 1. The summed E-state index contributed by atoms with van der Waals surface area (Å²) < 4.78 is 0.740. The predicted octanol–water partition coefficient (Wildman–Crippen LogP) is 4.59. The number of carbonyl (C=O) groups is 1. The maximum atomic E-state index is 12.1. The third-order valence-corrected chi connectivity index (χ3v) is 3.45. The standard InChI is InChI=1S/C13H9BrCl2N2O/c14-8-5-10(15)12(11(16)6-8)18-13(19)7-2-1-3-9(17)4-7/h1-6H,17H2,(H,18,19). The highest BCUT2D eigenvalue weighted by Gasteiger charge is 2.12. The first kappa shape index (κ1) is 14.2. The third kappa shape index (κ3) is 3.41. The first-order valence-electron chi connectivity index (χ1n) is 5.29. The van der Waals surface area contributed by atoms with Crippen LogP contribution in [-0.2, 0) is 0 Å². The molecule has 0 aliphatic heterocycles. The van der Waals surface area contributed by atoms with Crippen molar-refractivity contribution in [1.29, 1.82) is 0 Å². The Morgan fingerprint density at radius 3 is 2.37 bits per heavy atom. The Morgan fingerprint density at radius 1 is 1.16 bits per heavy atom. The summed E-state index contributed by atoms with van der Waals surface area (Å²) in [4.78, 5) is 12.1. The van der Waals surface area contributed by atoms with Crippen molar-refractivity contribution in [3.8, 4) is 0 Å². The van der Waals surface area contributed by atoms with Gasteiger partial charge in [0.15, 0.2) is 0 Å². The molecule has 1 amide bonds. The molecule has 0 aliphatic rings. The average molecular weight is 360 g/mol. The van der Waals surface area contributed by atoms with E-state index < -0.39 is 0 Å². The van der Waals surface area contributed by atoms with E-state index in [1.807, 2.05) is 0 Å². The molecule has 0 heterocycles. The zero-order valence-corrected chi connectivity index (χ0v) is 12.7. The first-order valence-corrected chi connectivity index (χ1v) is 6.83. The molecule has 0 saturated carbocycles. The monoisotopic (exact) mass is 358 g/mol. The van der Waals surface area contributed by atoms with Crippen molar-refractivity contribution in [3.63, 3.8) is 0 Å². The molecule has 0 atom stereocenters. The van der Waals surface area contributed by atoms with Crippen LogP contribution in [0.2, 0.25) is 10.0 Å². The number of rotatable bonds is 2. The van der Waals surface area contributed by atoms with E-state index in [-0.39, 0.29) is 5.91 Å². The second-order valence-electron chi connectivity index (χ2n) is 3.82. The minimum Gasteiger partial charge on any atom is -0.399 e. The molecule has 0 bridgehead atoms. The van der Waals surface area contributed by atoms with Gasteiger partial charge in [-0.15, -0.1) is 0 Å². The van der Waals surface area contributed by atoms with E-state index in [0.29, 0.717) is 27.0 Å². The molecule has 2 aromatic carbocycles. The Hall–Kier alpha value is -1.23. The minimum absolute atomic E-state index is 0.321. The molecule has 2 aromatic rings. The molecular weight excluding hydrogens is 351 g/mol. The quantitative estimate of drug-likeness (QED) is 0.770. The van der Waals surface area contributed by atoms with Gasteiger partial charge in [-0.3, -0.25) is 4.79 Å². The summed E-state index contributed by atoms with van der Waals surface area (Å²) in [6, 6.07) is 9.96. The van der Waals surface area contributed by atoms with Crippen LogP contribution in [0.5, 0.6) is 0 Å². The number of nitrogens with two attached hydrogens (primary N) is 1. The number of nitrogen functional groups attached to an aromatic ring is 1. The summed E-state index contributed by atoms with van der Waals surface area (Å²) in [7, 11) is 0. The molecule has 0 aromatic heterocycles. The summed E-state index contributed by atoms with van der Waals surface area (Å²) >= 11 is 15.4. The third-order valence-electron chi connectivity index (χ3n) is 2.39. The Balaban J connectivity index is 2.29. The van der Waals surface area contributed by atoms with Crippen molar-refractivity contribution in [3.05, 3.63) is 56.5 Å². The second kappa shape index (κ2) is 5.82. The van der Waals surface area contributed by atoms with Crippen LogP contribution in [0.3, 0.4) is 0 Å². The number of nitrogens with one attached hydrogen (secondary N) is 1. The Kier molecular flexibility index (Phi) is 4.34. The summed E-state index contributed by atoms with van der Waals surface area (Å²) in [5, 5.41) is 3.39. The first-order chi connectivity index (χ1) is 8.97. The molecule has 0 radical (unpaired) electrons. The molecule has 0 spiro atoms. The lowest BCUT2D eigenvalue weighted by Crippen LogP contribution is -2.12. The summed E-state index contributed by atoms with van der Waals surface area (Å²) in [6.45, 7) is 0. The largest absolute Gasteiger partial charge is 0.399 e. The number of anilines is 2. The number of hydrogen-bond donors (Lipinski definition) is 2. The van der Waals surface area contributed by atoms with Crippen LogP contribution in [0.4, 0.5) is 11.4 Å². The smallest absolute Gasteiger partial charge is 0.255 e. The van der Waals surface area contributed by atoms with Crippen LogP contribution < -0.4 is 11.1 Å². The second-order valence-corrected chi connectivity index (χ2v) is 5.55. The number of hydrogen-bond acceptors (Lipinski definition) is 2. The summed E-state index contributed by atoms with van der Waals surface area (Å²) in [5.74, 6) is -0.321. The van der Waals surface area contributed by atoms with Crippen LogP contribution in [0, 0.1) is 0 Å². The van der Waals surface area contributed by atoms with E-state index in [4.69, 9.17) is 28.9 Å². The zero-order chi connectivity index (χ0) is 14.0. The van der Waals surface area contributed by atoms with Crippen molar-refractivity contribution in [2.75, 3.05) is 11.1 Å². The molecule has 0 unspecified atom stereocenters. The molecule has 19 heavy (non-hydrogen) atoms. The van der Waals surface area contributed by atoms with Gasteiger partial charge in [0.1, 0.15) is 0 Å². The maximum absolute atomic E-state index is 12.1. The fourth-order valence-electron chi connectivity index (χ4n) is 1.53. The fourth-order valence-corrected chi connectivity index (χ4v) is 2.83. The Morgan fingerprint density at radius 2 is 1.79 bits per heavy atom. The van der Waals surface area contributed by atoms with Gasteiger partial charge in [-0.2, -0.15) is 0 Å². The van der Waals surface area contributed by atoms with E-state index in [2.05, 4.69) is 21.2 Å². The van der Waals surface area contributed by atoms with E-state index in [1.165, 1.54) is 0 Å². The van der Waals surface area contributed by atoms with E-state index in [9.17, 15) is 4.79 Å². The molecule has 3 N–H and O–H groups in total. The van der Waals surface area contributed by atoms with Gasteiger partial charge in [-0.25, -0.2) is 0 Å². The van der Waals surface area contributed by atoms with Gasteiger partial charge >= 0.3 is 0 Å². The Bertz CT molecular complexity index is 623. The molecular formula is C13H9BrCl2N2O.